The number of hydrogen-bond acceptors (Lipinski definition) is 4. The summed E-state index contributed by atoms with van der Waals surface area (Å²) < 4.78 is 0. The van der Waals surface area contributed by atoms with E-state index in [1.54, 1.807) is 0 Å². The van der Waals surface area contributed by atoms with Crippen LogP contribution in [0.15, 0.2) is 35.5 Å². The highest BCUT2D eigenvalue weighted by Gasteiger charge is 2.31. The van der Waals surface area contributed by atoms with Crippen LogP contribution in [0.2, 0.25) is 0 Å². The van der Waals surface area contributed by atoms with E-state index in [1.165, 1.54) is 31.2 Å². The zero-order valence-electron chi connectivity index (χ0n) is 10.4. The predicted octanol–water partition coefficient (Wildman–Crippen LogP) is 1.31. The van der Waals surface area contributed by atoms with Crippen LogP contribution in [-0.2, 0) is 4.79 Å². The van der Waals surface area contributed by atoms with E-state index in [9.17, 15) is 24.8 Å². The van der Waals surface area contributed by atoms with Gasteiger partial charge in [-0.15, -0.1) is 0 Å². The molecule has 1 aromatic carbocycles. The SMILES string of the molecule is CC1=C(C(=O)O)[C@@H](c2cccc([N+](=O)[O-])c2)NC(=O)N1. The molecule has 0 unspecified atom stereocenters. The van der Waals surface area contributed by atoms with E-state index < -0.39 is 23.0 Å². The minimum atomic E-state index is -1.20. The smallest absolute Gasteiger partial charge is 0.335 e. The van der Waals surface area contributed by atoms with Gasteiger partial charge >= 0.3 is 12.0 Å². The molecule has 1 aliphatic heterocycles. The molecule has 0 aromatic heterocycles. The fraction of sp³-hybridized carbons (Fsp3) is 0.167. The average Bonchev–Trinajstić information content (AvgIpc) is 2.37. The van der Waals surface area contributed by atoms with Gasteiger partial charge in [0.1, 0.15) is 0 Å². The molecule has 2 rings (SSSR count). The van der Waals surface area contributed by atoms with Crippen molar-refractivity contribution in [2.45, 2.75) is 13.0 Å². The molecule has 1 aromatic rings. The van der Waals surface area contributed by atoms with Gasteiger partial charge in [-0.1, -0.05) is 12.1 Å². The topological polar surface area (TPSA) is 122 Å². The van der Waals surface area contributed by atoms with Crippen molar-refractivity contribution in [2.75, 3.05) is 0 Å². The van der Waals surface area contributed by atoms with Crippen LogP contribution in [0.5, 0.6) is 0 Å². The second-order valence-corrected chi connectivity index (χ2v) is 4.23. The molecule has 1 heterocycles. The second kappa shape index (κ2) is 5.00. The summed E-state index contributed by atoms with van der Waals surface area (Å²) in [5.41, 5.74) is 0.325. The van der Waals surface area contributed by atoms with Crippen molar-refractivity contribution in [3.63, 3.8) is 0 Å². The third-order valence-electron chi connectivity index (χ3n) is 2.91. The molecule has 1 atom stereocenters. The number of benzene rings is 1. The van der Waals surface area contributed by atoms with Gasteiger partial charge in [0.25, 0.3) is 5.69 Å². The van der Waals surface area contributed by atoms with Crippen LogP contribution in [0.1, 0.15) is 18.5 Å². The highest BCUT2D eigenvalue weighted by Crippen LogP contribution is 2.28. The fourth-order valence-electron chi connectivity index (χ4n) is 2.05. The maximum Gasteiger partial charge on any atom is 0.335 e. The number of non-ortho nitro benzene ring substituents is 1. The Morgan fingerprint density at radius 1 is 1.45 bits per heavy atom. The molecule has 0 radical (unpaired) electrons. The van der Waals surface area contributed by atoms with Crippen LogP contribution < -0.4 is 10.6 Å². The highest BCUT2D eigenvalue weighted by atomic mass is 16.6. The molecule has 0 saturated heterocycles. The van der Waals surface area contributed by atoms with Gasteiger partial charge in [-0.3, -0.25) is 10.1 Å². The molecule has 0 aliphatic carbocycles. The lowest BCUT2D eigenvalue weighted by Crippen LogP contribution is -2.45. The van der Waals surface area contributed by atoms with Crippen LogP contribution in [0, 0.1) is 10.1 Å². The number of hydrogen-bond donors (Lipinski definition) is 3. The quantitative estimate of drug-likeness (QED) is 0.568. The summed E-state index contributed by atoms with van der Waals surface area (Å²) in [4.78, 5) is 32.9. The number of aliphatic carboxylic acids is 1. The molecule has 2 amide bonds. The number of amides is 2. The Labute approximate surface area is 113 Å². The van der Waals surface area contributed by atoms with Crippen LogP contribution in [0.3, 0.4) is 0 Å². The number of nitro benzene ring substituents is 1. The highest BCUT2D eigenvalue weighted by molar-refractivity contribution is 5.93. The lowest BCUT2D eigenvalue weighted by atomic mass is 9.95. The summed E-state index contributed by atoms with van der Waals surface area (Å²) in [6.45, 7) is 1.46. The first-order valence-corrected chi connectivity index (χ1v) is 5.66. The third-order valence-corrected chi connectivity index (χ3v) is 2.91. The van der Waals surface area contributed by atoms with Crippen molar-refractivity contribution in [1.29, 1.82) is 0 Å². The number of nitrogens with zero attached hydrogens (tertiary/aromatic N) is 1. The zero-order valence-corrected chi connectivity index (χ0v) is 10.4. The molecule has 20 heavy (non-hydrogen) atoms. The van der Waals surface area contributed by atoms with Gasteiger partial charge in [-0.05, 0) is 12.5 Å². The molecule has 0 fully saturated rings. The Morgan fingerprint density at radius 3 is 2.75 bits per heavy atom. The largest absolute Gasteiger partial charge is 0.478 e. The van der Waals surface area contributed by atoms with Gasteiger partial charge in [0, 0.05) is 17.8 Å². The Hall–Kier alpha value is -2.90. The minimum Gasteiger partial charge on any atom is -0.478 e. The van der Waals surface area contributed by atoms with Crippen molar-refractivity contribution >= 4 is 17.7 Å². The van der Waals surface area contributed by atoms with Crippen molar-refractivity contribution in [3.8, 4) is 0 Å². The maximum absolute atomic E-state index is 11.5. The number of rotatable bonds is 3. The summed E-state index contributed by atoms with van der Waals surface area (Å²) in [7, 11) is 0. The minimum absolute atomic E-state index is 0.0508. The normalized spacial score (nSPS) is 18.2. The lowest BCUT2D eigenvalue weighted by Gasteiger charge is -2.26. The number of allylic oxidation sites excluding steroid dienone is 1. The number of carbonyl (C=O) groups excluding carboxylic acids is 1. The Morgan fingerprint density at radius 2 is 2.15 bits per heavy atom. The van der Waals surface area contributed by atoms with E-state index in [0.29, 0.717) is 5.56 Å². The monoisotopic (exact) mass is 277 g/mol. The van der Waals surface area contributed by atoms with Crippen molar-refractivity contribution in [3.05, 3.63) is 51.2 Å². The van der Waals surface area contributed by atoms with Gasteiger partial charge in [-0.2, -0.15) is 0 Å². The Bertz CT molecular complexity index is 638. The Balaban J connectivity index is 2.51. The van der Waals surface area contributed by atoms with Crippen molar-refractivity contribution in [2.24, 2.45) is 0 Å². The average molecular weight is 277 g/mol. The van der Waals surface area contributed by atoms with E-state index in [0.717, 1.165) is 0 Å². The van der Waals surface area contributed by atoms with Gasteiger partial charge in [-0.25, -0.2) is 9.59 Å². The molecular formula is C12H11N3O5. The maximum atomic E-state index is 11.5. The lowest BCUT2D eigenvalue weighted by molar-refractivity contribution is -0.384. The predicted molar refractivity (Wildman–Crippen MR) is 67.8 cm³/mol. The van der Waals surface area contributed by atoms with E-state index in [1.807, 2.05) is 0 Å². The molecule has 3 N–H and O–H groups in total. The van der Waals surface area contributed by atoms with E-state index in [4.69, 9.17) is 0 Å². The molecule has 8 heteroatoms. The van der Waals surface area contributed by atoms with Gasteiger partial charge in [0.05, 0.1) is 16.5 Å². The first-order valence-electron chi connectivity index (χ1n) is 5.66. The van der Waals surface area contributed by atoms with E-state index in [2.05, 4.69) is 10.6 Å². The number of carboxylic acids is 1. The first kappa shape index (κ1) is 13.5. The number of nitro groups is 1. The number of nitrogens with one attached hydrogen (secondary N) is 2. The summed E-state index contributed by atoms with van der Waals surface area (Å²) in [6.07, 6.45) is 0. The summed E-state index contributed by atoms with van der Waals surface area (Å²) in [6, 6.07) is 4.02. The van der Waals surface area contributed by atoms with Crippen molar-refractivity contribution in [1.82, 2.24) is 10.6 Å². The summed E-state index contributed by atoms with van der Waals surface area (Å²) in [5.74, 6) is -1.20. The molecule has 104 valence electrons. The number of urea groups is 1. The molecule has 0 saturated carbocycles. The summed E-state index contributed by atoms with van der Waals surface area (Å²) >= 11 is 0. The second-order valence-electron chi connectivity index (χ2n) is 4.23. The molecule has 0 spiro atoms. The van der Waals surface area contributed by atoms with Crippen LogP contribution in [-0.4, -0.2) is 22.0 Å². The molecule has 0 bridgehead atoms. The third kappa shape index (κ3) is 2.44. The van der Waals surface area contributed by atoms with Gasteiger partial charge < -0.3 is 15.7 Å². The molecule has 1 aliphatic rings. The zero-order chi connectivity index (χ0) is 14.9. The number of carboxylic acid groups (broad SMARTS) is 1. The first-order chi connectivity index (χ1) is 9.40. The Kier molecular flexibility index (Phi) is 3.38. The van der Waals surface area contributed by atoms with Crippen LogP contribution in [0.25, 0.3) is 0 Å². The number of carbonyl (C=O) groups is 2. The van der Waals surface area contributed by atoms with Crippen molar-refractivity contribution < 1.29 is 19.6 Å². The van der Waals surface area contributed by atoms with E-state index in [-0.39, 0.29) is 17.0 Å². The fourth-order valence-corrected chi connectivity index (χ4v) is 2.05. The standard InChI is InChI=1S/C12H11N3O5/c1-6-9(11(16)17)10(14-12(18)13-6)7-3-2-4-8(5-7)15(19)20/h2-5,10H,1H3,(H,16,17)(H2,13,14,18)/t10-/m1/s1. The molecule has 8 nitrogen and oxygen atoms in total. The van der Waals surface area contributed by atoms with Crippen LogP contribution >= 0.6 is 0 Å². The van der Waals surface area contributed by atoms with Crippen LogP contribution in [0.4, 0.5) is 10.5 Å². The van der Waals surface area contributed by atoms with E-state index >= 15 is 0 Å². The molecular weight excluding hydrogens is 266 g/mol. The van der Waals surface area contributed by atoms with Gasteiger partial charge in [0.2, 0.25) is 0 Å². The van der Waals surface area contributed by atoms with Gasteiger partial charge in [0.15, 0.2) is 0 Å². The summed E-state index contributed by atoms with van der Waals surface area (Å²) in [5, 5.41) is 24.8.